The molecule has 1 saturated heterocycles. The summed E-state index contributed by atoms with van der Waals surface area (Å²) in [7, 11) is -0.321. The number of hydrogen-bond donors (Lipinski definition) is 1. The molecule has 4 nitrogen and oxygen atoms in total. The first kappa shape index (κ1) is 15.4. The molecule has 5 heteroatoms. The molecule has 2 aliphatic rings. The van der Waals surface area contributed by atoms with Crippen molar-refractivity contribution in [1.82, 2.24) is 5.32 Å². The molecule has 0 radical (unpaired) electrons. The fraction of sp³-hybridized carbons (Fsp3) is 0.529. The van der Waals surface area contributed by atoms with E-state index < -0.39 is 0 Å². The van der Waals surface area contributed by atoms with Crippen LogP contribution < -0.4 is 10.8 Å². The Labute approximate surface area is 133 Å². The molecule has 3 rings (SSSR count). The summed E-state index contributed by atoms with van der Waals surface area (Å²) in [6, 6.07) is 8.21. The van der Waals surface area contributed by atoms with Gasteiger partial charge in [0.05, 0.1) is 11.2 Å². The number of hydrogen-bond acceptors (Lipinski definition) is 4. The number of nitrogens with one attached hydrogen (secondary N) is 1. The van der Waals surface area contributed by atoms with Crippen LogP contribution in [-0.4, -0.2) is 18.3 Å². The van der Waals surface area contributed by atoms with Crippen LogP contribution in [0.5, 0.6) is 0 Å². The van der Waals surface area contributed by atoms with Gasteiger partial charge < -0.3 is 19.4 Å². The molecule has 1 unspecified atom stereocenters. The van der Waals surface area contributed by atoms with Gasteiger partial charge in [-0.05, 0) is 47.0 Å². The summed E-state index contributed by atoms with van der Waals surface area (Å²) in [4.78, 5) is 0. The minimum atomic E-state index is -0.321. The average molecular weight is 301 g/mol. The lowest BCUT2D eigenvalue weighted by molar-refractivity contribution is 0.00578. The van der Waals surface area contributed by atoms with Gasteiger partial charge in [-0.2, -0.15) is 0 Å². The summed E-state index contributed by atoms with van der Waals surface area (Å²) in [6.45, 7) is 12.3. The van der Waals surface area contributed by atoms with Gasteiger partial charge in [0.1, 0.15) is 5.76 Å². The fourth-order valence-corrected chi connectivity index (χ4v) is 2.55. The van der Waals surface area contributed by atoms with Gasteiger partial charge in [-0.25, -0.2) is 0 Å². The Morgan fingerprint density at radius 3 is 1.95 bits per heavy atom. The van der Waals surface area contributed by atoms with E-state index in [0.717, 1.165) is 22.5 Å². The lowest BCUT2D eigenvalue weighted by Gasteiger charge is -2.32. The molecule has 0 aliphatic carbocycles. The second-order valence-electron chi connectivity index (χ2n) is 7.08. The number of benzene rings is 1. The van der Waals surface area contributed by atoms with Crippen molar-refractivity contribution in [3.63, 3.8) is 0 Å². The Morgan fingerprint density at radius 2 is 1.50 bits per heavy atom. The van der Waals surface area contributed by atoms with Crippen LogP contribution in [0.25, 0.3) is 0 Å². The maximum Gasteiger partial charge on any atom is 0.494 e. The topological polar surface area (TPSA) is 39.7 Å². The lowest BCUT2D eigenvalue weighted by atomic mass is 9.79. The molecular formula is C17H24BNO3. The molecule has 1 atom stereocenters. The molecule has 22 heavy (non-hydrogen) atoms. The quantitative estimate of drug-likeness (QED) is 0.853. The summed E-state index contributed by atoms with van der Waals surface area (Å²) in [6.07, 6.45) is -0.104. The van der Waals surface area contributed by atoms with Crippen LogP contribution in [-0.2, 0) is 14.0 Å². The second kappa shape index (κ2) is 5.03. The van der Waals surface area contributed by atoms with E-state index in [2.05, 4.69) is 45.1 Å². The third-order valence-electron chi connectivity index (χ3n) is 4.93. The standard InChI is InChI=1S/C17H24BNO3/c1-11-12(2)20-15(19-11)13-7-9-14(10-8-13)18-21-16(3,4)17(5,6)22-18/h7-10,15,19H,1-6H3. The molecule has 1 fully saturated rings. The molecule has 0 amide bonds. The summed E-state index contributed by atoms with van der Waals surface area (Å²) >= 11 is 0. The SMILES string of the molecule is CC1=C(C)OC(c2ccc(B3OC(C)(C)C(C)(C)O3)cc2)N1. The molecule has 2 heterocycles. The van der Waals surface area contributed by atoms with E-state index in [0.29, 0.717) is 0 Å². The molecule has 0 aromatic heterocycles. The molecule has 2 aliphatic heterocycles. The highest BCUT2D eigenvalue weighted by Gasteiger charge is 2.51. The molecule has 118 valence electrons. The first-order valence-corrected chi connectivity index (χ1v) is 7.76. The number of allylic oxidation sites excluding steroid dienone is 2. The first-order valence-electron chi connectivity index (χ1n) is 7.76. The van der Waals surface area contributed by atoms with Crippen molar-refractivity contribution < 1.29 is 14.0 Å². The van der Waals surface area contributed by atoms with Gasteiger partial charge >= 0.3 is 7.12 Å². The minimum Gasteiger partial charge on any atom is -0.469 e. The molecule has 0 saturated carbocycles. The Hall–Kier alpha value is -1.46. The zero-order valence-electron chi connectivity index (χ0n) is 14.2. The number of ether oxygens (including phenoxy) is 1. The second-order valence-corrected chi connectivity index (χ2v) is 7.08. The number of rotatable bonds is 2. The highest BCUT2D eigenvalue weighted by molar-refractivity contribution is 6.62. The van der Waals surface area contributed by atoms with Crippen molar-refractivity contribution in [2.75, 3.05) is 0 Å². The maximum absolute atomic E-state index is 6.07. The molecule has 0 spiro atoms. The Balaban J connectivity index is 1.74. The van der Waals surface area contributed by atoms with Crippen molar-refractivity contribution in [3.05, 3.63) is 41.3 Å². The molecule has 1 aromatic carbocycles. The minimum absolute atomic E-state index is 0.104. The van der Waals surface area contributed by atoms with Crippen LogP contribution in [0.4, 0.5) is 0 Å². The zero-order valence-corrected chi connectivity index (χ0v) is 14.2. The van der Waals surface area contributed by atoms with Gasteiger partial charge in [0.25, 0.3) is 0 Å². The Morgan fingerprint density at radius 1 is 0.955 bits per heavy atom. The highest BCUT2D eigenvalue weighted by atomic mass is 16.7. The normalized spacial score (nSPS) is 26.1. The van der Waals surface area contributed by atoms with E-state index in [1.807, 2.05) is 26.0 Å². The predicted octanol–water partition coefficient (Wildman–Crippen LogP) is 2.86. The molecule has 0 bridgehead atoms. The predicted molar refractivity (Wildman–Crippen MR) is 87.5 cm³/mol. The van der Waals surface area contributed by atoms with Crippen molar-refractivity contribution in [3.8, 4) is 0 Å². The van der Waals surface area contributed by atoms with Gasteiger partial charge in [-0.1, -0.05) is 24.3 Å². The largest absolute Gasteiger partial charge is 0.494 e. The van der Waals surface area contributed by atoms with Crippen molar-refractivity contribution in [2.45, 2.75) is 59.0 Å². The van der Waals surface area contributed by atoms with Gasteiger partial charge in [0.15, 0.2) is 6.23 Å². The smallest absolute Gasteiger partial charge is 0.469 e. The third-order valence-corrected chi connectivity index (χ3v) is 4.93. The monoisotopic (exact) mass is 301 g/mol. The van der Waals surface area contributed by atoms with Gasteiger partial charge in [0, 0.05) is 11.3 Å². The summed E-state index contributed by atoms with van der Waals surface area (Å²) in [5.41, 5.74) is 2.58. The van der Waals surface area contributed by atoms with Gasteiger partial charge in [0.2, 0.25) is 0 Å². The van der Waals surface area contributed by atoms with Crippen LogP contribution >= 0.6 is 0 Å². The maximum atomic E-state index is 6.07. The fourth-order valence-electron chi connectivity index (χ4n) is 2.55. The molecular weight excluding hydrogens is 277 g/mol. The summed E-state index contributed by atoms with van der Waals surface area (Å²) in [5.74, 6) is 0.944. The van der Waals surface area contributed by atoms with Crippen molar-refractivity contribution >= 4 is 12.6 Å². The van der Waals surface area contributed by atoms with Crippen LogP contribution in [0, 0.1) is 0 Å². The lowest BCUT2D eigenvalue weighted by Crippen LogP contribution is -2.41. The van der Waals surface area contributed by atoms with E-state index in [1.54, 1.807) is 0 Å². The van der Waals surface area contributed by atoms with E-state index in [9.17, 15) is 0 Å². The summed E-state index contributed by atoms with van der Waals surface area (Å²) < 4.78 is 17.9. The van der Waals surface area contributed by atoms with Crippen LogP contribution in [0.1, 0.15) is 53.3 Å². The van der Waals surface area contributed by atoms with Gasteiger partial charge in [-0.15, -0.1) is 0 Å². The molecule has 1 N–H and O–H groups in total. The van der Waals surface area contributed by atoms with Crippen molar-refractivity contribution in [2.24, 2.45) is 0 Å². The Bertz CT molecular complexity index is 577. The van der Waals surface area contributed by atoms with Crippen molar-refractivity contribution in [1.29, 1.82) is 0 Å². The average Bonchev–Trinajstić information content (AvgIpc) is 2.87. The van der Waals surface area contributed by atoms with Crippen LogP contribution in [0.3, 0.4) is 0 Å². The first-order chi connectivity index (χ1) is 10.2. The highest BCUT2D eigenvalue weighted by Crippen LogP contribution is 2.36. The third kappa shape index (κ3) is 2.53. The summed E-state index contributed by atoms with van der Waals surface area (Å²) in [5, 5.41) is 3.33. The Kier molecular flexibility index (Phi) is 3.53. The van der Waals surface area contributed by atoms with E-state index in [4.69, 9.17) is 14.0 Å². The van der Waals surface area contributed by atoms with E-state index >= 15 is 0 Å². The van der Waals surface area contributed by atoms with E-state index in [-0.39, 0.29) is 24.5 Å². The zero-order chi connectivity index (χ0) is 16.1. The van der Waals surface area contributed by atoms with Crippen LogP contribution in [0.2, 0.25) is 0 Å². The van der Waals surface area contributed by atoms with Crippen LogP contribution in [0.15, 0.2) is 35.7 Å². The van der Waals surface area contributed by atoms with Gasteiger partial charge in [-0.3, -0.25) is 0 Å². The van der Waals surface area contributed by atoms with E-state index in [1.165, 1.54) is 0 Å². The molecule has 1 aromatic rings.